The quantitative estimate of drug-likeness (QED) is 0.911. The molecule has 0 fully saturated rings. The van der Waals surface area contributed by atoms with Crippen molar-refractivity contribution in [2.75, 3.05) is 0 Å². The number of H-pyrrole nitrogens is 1. The van der Waals surface area contributed by atoms with Crippen molar-refractivity contribution in [1.29, 1.82) is 0 Å². The summed E-state index contributed by atoms with van der Waals surface area (Å²) >= 11 is 5.89. The molecule has 1 unspecified atom stereocenters. The summed E-state index contributed by atoms with van der Waals surface area (Å²) < 4.78 is 0. The summed E-state index contributed by atoms with van der Waals surface area (Å²) in [5.74, 6) is -0.00205. The van der Waals surface area contributed by atoms with Crippen LogP contribution in [-0.4, -0.2) is 10.9 Å². The third kappa shape index (κ3) is 3.95. The lowest BCUT2D eigenvalue weighted by Crippen LogP contribution is -2.32. The number of amides is 1. The van der Waals surface area contributed by atoms with E-state index in [9.17, 15) is 9.59 Å². The first-order valence-corrected chi connectivity index (χ1v) is 7.10. The van der Waals surface area contributed by atoms with Gasteiger partial charge in [0.05, 0.1) is 11.6 Å². The van der Waals surface area contributed by atoms with Gasteiger partial charge < -0.3 is 10.3 Å². The predicted octanol–water partition coefficient (Wildman–Crippen LogP) is 3.16. The van der Waals surface area contributed by atoms with E-state index in [1.807, 2.05) is 26.0 Å². The van der Waals surface area contributed by atoms with Crippen molar-refractivity contribution < 1.29 is 4.79 Å². The first-order valence-electron chi connectivity index (χ1n) is 6.72. The average Bonchev–Trinajstić information content (AvgIpc) is 2.46. The minimum absolute atomic E-state index is 0.123. The van der Waals surface area contributed by atoms with E-state index in [0.717, 1.165) is 5.56 Å². The SMILES string of the molecule is CC(C)C(NC(=O)c1ccc(=O)[nH]c1)c1ccc(Cl)cc1. The van der Waals surface area contributed by atoms with Gasteiger partial charge in [-0.1, -0.05) is 37.6 Å². The lowest BCUT2D eigenvalue weighted by atomic mass is 9.96. The molecular weight excluding hydrogens is 288 g/mol. The molecule has 1 atom stereocenters. The van der Waals surface area contributed by atoms with Crippen LogP contribution >= 0.6 is 11.6 Å². The van der Waals surface area contributed by atoms with Crippen LogP contribution in [0.1, 0.15) is 35.8 Å². The lowest BCUT2D eigenvalue weighted by molar-refractivity contribution is 0.0925. The molecule has 0 radical (unpaired) electrons. The number of rotatable bonds is 4. The Morgan fingerprint density at radius 2 is 1.81 bits per heavy atom. The Labute approximate surface area is 128 Å². The number of carbonyl (C=O) groups is 1. The number of aromatic amines is 1. The zero-order valence-electron chi connectivity index (χ0n) is 11.9. The molecule has 2 aromatic rings. The first-order chi connectivity index (χ1) is 9.97. The van der Waals surface area contributed by atoms with E-state index in [-0.39, 0.29) is 23.4 Å². The number of benzene rings is 1. The Bertz CT molecular complexity index is 657. The topological polar surface area (TPSA) is 62.0 Å². The van der Waals surface area contributed by atoms with Gasteiger partial charge in [0.25, 0.3) is 5.91 Å². The van der Waals surface area contributed by atoms with Crippen LogP contribution in [0.2, 0.25) is 5.02 Å². The van der Waals surface area contributed by atoms with Crippen LogP contribution in [0.25, 0.3) is 0 Å². The highest BCUT2D eigenvalue weighted by molar-refractivity contribution is 6.30. The highest BCUT2D eigenvalue weighted by Crippen LogP contribution is 2.23. The summed E-state index contributed by atoms with van der Waals surface area (Å²) in [6, 6.07) is 10.1. The van der Waals surface area contributed by atoms with Gasteiger partial charge in [-0.25, -0.2) is 0 Å². The third-order valence-electron chi connectivity index (χ3n) is 3.23. The Kier molecular flexibility index (Phi) is 4.81. The van der Waals surface area contributed by atoms with Crippen LogP contribution in [0, 0.1) is 5.92 Å². The molecule has 0 saturated carbocycles. The molecule has 0 saturated heterocycles. The molecule has 0 aliphatic carbocycles. The summed E-state index contributed by atoms with van der Waals surface area (Å²) in [6.45, 7) is 4.07. The normalized spacial score (nSPS) is 12.2. The van der Waals surface area contributed by atoms with Crippen LogP contribution in [-0.2, 0) is 0 Å². The fraction of sp³-hybridized carbons (Fsp3) is 0.250. The second-order valence-corrected chi connectivity index (χ2v) is 5.62. The van der Waals surface area contributed by atoms with Crippen LogP contribution in [0.3, 0.4) is 0 Å². The molecule has 0 aliphatic rings. The third-order valence-corrected chi connectivity index (χ3v) is 3.48. The van der Waals surface area contributed by atoms with Crippen molar-refractivity contribution in [2.24, 2.45) is 5.92 Å². The van der Waals surface area contributed by atoms with E-state index in [0.29, 0.717) is 10.6 Å². The largest absolute Gasteiger partial charge is 0.345 e. The highest BCUT2D eigenvalue weighted by Gasteiger charge is 2.19. The number of halogens is 1. The maximum atomic E-state index is 12.3. The Balaban J connectivity index is 2.20. The number of hydrogen-bond donors (Lipinski definition) is 2. The van der Waals surface area contributed by atoms with Crippen LogP contribution in [0.15, 0.2) is 47.4 Å². The van der Waals surface area contributed by atoms with E-state index in [2.05, 4.69) is 10.3 Å². The molecule has 1 heterocycles. The number of nitrogens with one attached hydrogen (secondary N) is 2. The Hall–Kier alpha value is -2.07. The van der Waals surface area contributed by atoms with E-state index < -0.39 is 0 Å². The molecule has 21 heavy (non-hydrogen) atoms. The van der Waals surface area contributed by atoms with Gasteiger partial charge in [0, 0.05) is 17.3 Å². The number of aromatic nitrogens is 1. The van der Waals surface area contributed by atoms with E-state index in [1.165, 1.54) is 18.3 Å². The predicted molar refractivity (Wildman–Crippen MR) is 83.6 cm³/mol. The minimum atomic E-state index is -0.232. The van der Waals surface area contributed by atoms with E-state index in [1.54, 1.807) is 12.1 Å². The standard InChI is InChI=1S/C16H17ClN2O2/c1-10(2)15(11-3-6-13(17)7-4-11)19-16(21)12-5-8-14(20)18-9-12/h3-10,15H,1-2H3,(H,18,20)(H,19,21). The summed E-state index contributed by atoms with van der Waals surface area (Å²) in [5, 5.41) is 3.64. The van der Waals surface area contributed by atoms with Crippen LogP contribution in [0.4, 0.5) is 0 Å². The molecule has 2 N–H and O–H groups in total. The number of pyridine rings is 1. The number of hydrogen-bond acceptors (Lipinski definition) is 2. The monoisotopic (exact) mass is 304 g/mol. The van der Waals surface area contributed by atoms with Gasteiger partial charge in [-0.15, -0.1) is 0 Å². The number of carbonyl (C=O) groups excluding carboxylic acids is 1. The van der Waals surface area contributed by atoms with Crippen LogP contribution in [0.5, 0.6) is 0 Å². The van der Waals surface area contributed by atoms with Gasteiger partial charge in [0.15, 0.2) is 0 Å². The van der Waals surface area contributed by atoms with Gasteiger partial charge >= 0.3 is 0 Å². The highest BCUT2D eigenvalue weighted by atomic mass is 35.5. The molecule has 5 heteroatoms. The van der Waals surface area contributed by atoms with Gasteiger partial charge in [0.2, 0.25) is 5.56 Å². The molecule has 110 valence electrons. The zero-order valence-corrected chi connectivity index (χ0v) is 12.6. The molecule has 0 aliphatic heterocycles. The maximum absolute atomic E-state index is 12.3. The molecule has 2 rings (SSSR count). The molecule has 1 amide bonds. The smallest absolute Gasteiger partial charge is 0.253 e. The molecule has 1 aromatic carbocycles. The first kappa shape index (κ1) is 15.3. The molecule has 0 bridgehead atoms. The molecule has 0 spiro atoms. The van der Waals surface area contributed by atoms with Crippen molar-refractivity contribution in [3.8, 4) is 0 Å². The summed E-state index contributed by atoms with van der Waals surface area (Å²) in [7, 11) is 0. The van der Waals surface area contributed by atoms with Gasteiger partial charge in [-0.3, -0.25) is 9.59 Å². The second-order valence-electron chi connectivity index (χ2n) is 5.19. The van der Waals surface area contributed by atoms with Gasteiger partial charge in [0.1, 0.15) is 0 Å². The fourth-order valence-electron chi connectivity index (χ4n) is 2.08. The Morgan fingerprint density at radius 1 is 1.14 bits per heavy atom. The average molecular weight is 305 g/mol. The summed E-state index contributed by atoms with van der Waals surface area (Å²) in [4.78, 5) is 25.8. The van der Waals surface area contributed by atoms with Crippen molar-refractivity contribution in [1.82, 2.24) is 10.3 Å². The molecule has 4 nitrogen and oxygen atoms in total. The summed E-state index contributed by atoms with van der Waals surface area (Å²) in [6.07, 6.45) is 1.41. The van der Waals surface area contributed by atoms with E-state index in [4.69, 9.17) is 11.6 Å². The zero-order chi connectivity index (χ0) is 15.4. The second kappa shape index (κ2) is 6.59. The van der Waals surface area contributed by atoms with Crippen molar-refractivity contribution >= 4 is 17.5 Å². The minimum Gasteiger partial charge on any atom is -0.345 e. The van der Waals surface area contributed by atoms with Crippen LogP contribution < -0.4 is 10.9 Å². The lowest BCUT2D eigenvalue weighted by Gasteiger charge is -2.23. The van der Waals surface area contributed by atoms with Crippen molar-refractivity contribution in [3.05, 3.63) is 69.1 Å². The molecular formula is C16H17ClN2O2. The van der Waals surface area contributed by atoms with E-state index >= 15 is 0 Å². The summed E-state index contributed by atoms with van der Waals surface area (Å²) in [5.41, 5.74) is 1.19. The fourth-order valence-corrected chi connectivity index (χ4v) is 2.21. The van der Waals surface area contributed by atoms with Crippen molar-refractivity contribution in [3.63, 3.8) is 0 Å². The maximum Gasteiger partial charge on any atom is 0.253 e. The van der Waals surface area contributed by atoms with Gasteiger partial charge in [-0.05, 0) is 29.7 Å². The van der Waals surface area contributed by atoms with Crippen molar-refractivity contribution in [2.45, 2.75) is 19.9 Å². The molecule has 1 aromatic heterocycles. The van der Waals surface area contributed by atoms with Gasteiger partial charge in [-0.2, -0.15) is 0 Å². The Morgan fingerprint density at radius 3 is 2.33 bits per heavy atom.